The number of rotatable bonds is 3. The van der Waals surface area contributed by atoms with Crippen LogP contribution in [0.15, 0.2) is 144 Å². The summed E-state index contributed by atoms with van der Waals surface area (Å²) in [4.78, 5) is 2.35. The molecule has 0 saturated carbocycles. The van der Waals surface area contributed by atoms with E-state index in [1.165, 1.54) is 40.8 Å². The zero-order valence-corrected chi connectivity index (χ0v) is 23.8. The van der Waals surface area contributed by atoms with Gasteiger partial charge in [0.15, 0.2) is 0 Å². The number of benzene rings is 7. The first-order chi connectivity index (χ1) is 20.3. The Labute approximate surface area is 242 Å². The Morgan fingerprint density at radius 3 is 1.93 bits per heavy atom. The van der Waals surface area contributed by atoms with E-state index in [2.05, 4.69) is 144 Å². The molecule has 0 aliphatic heterocycles. The Kier molecular flexibility index (Phi) is 4.95. The van der Waals surface area contributed by atoms with E-state index >= 15 is 0 Å². The van der Waals surface area contributed by atoms with Crippen molar-refractivity contribution in [3.63, 3.8) is 0 Å². The van der Waals surface area contributed by atoms with E-state index in [0.717, 1.165) is 39.0 Å². The molecular weight excluding hydrogens is 565 g/mol. The number of anilines is 3. The summed E-state index contributed by atoms with van der Waals surface area (Å²) >= 11 is 0.245. The summed E-state index contributed by atoms with van der Waals surface area (Å²) in [7, 11) is 0. The van der Waals surface area contributed by atoms with Crippen molar-refractivity contribution in [2.24, 2.45) is 0 Å². The van der Waals surface area contributed by atoms with Crippen molar-refractivity contribution in [2.45, 2.75) is 0 Å². The fourth-order valence-electron chi connectivity index (χ4n) is 6.25. The molecule has 0 amide bonds. The maximum atomic E-state index is 6.46. The van der Waals surface area contributed by atoms with Gasteiger partial charge in [-0.1, -0.05) is 12.1 Å². The molecule has 0 spiro atoms. The van der Waals surface area contributed by atoms with Crippen molar-refractivity contribution in [3.8, 4) is 0 Å². The maximum absolute atomic E-state index is 6.46. The number of hydrogen-bond donors (Lipinski definition) is 0. The predicted molar refractivity (Wildman–Crippen MR) is 175 cm³/mol. The van der Waals surface area contributed by atoms with E-state index in [4.69, 9.17) is 4.42 Å². The summed E-state index contributed by atoms with van der Waals surface area (Å²) in [6.07, 6.45) is 0. The van der Waals surface area contributed by atoms with Gasteiger partial charge in [0, 0.05) is 0 Å². The molecule has 0 aliphatic rings. The Balaban J connectivity index is 1.24. The molecule has 41 heavy (non-hydrogen) atoms. The molecule has 2 heterocycles. The van der Waals surface area contributed by atoms with Crippen LogP contribution in [0.4, 0.5) is 17.1 Å². The second-order valence-electron chi connectivity index (χ2n) is 10.6. The van der Waals surface area contributed by atoms with Gasteiger partial charge in [-0.15, -0.1) is 0 Å². The zero-order valence-electron chi connectivity index (χ0n) is 22.0. The third-order valence-electron chi connectivity index (χ3n) is 8.20. The van der Waals surface area contributed by atoms with E-state index in [1.807, 2.05) is 0 Å². The number of para-hydroxylation sites is 1. The minimum atomic E-state index is 0.245. The van der Waals surface area contributed by atoms with Crippen LogP contribution in [0.1, 0.15) is 0 Å². The van der Waals surface area contributed by atoms with Gasteiger partial charge in [-0.25, -0.2) is 0 Å². The molecule has 192 valence electrons. The summed E-state index contributed by atoms with van der Waals surface area (Å²) in [5, 5.41) is 10.2. The molecule has 0 fully saturated rings. The van der Waals surface area contributed by atoms with Gasteiger partial charge in [0.25, 0.3) is 0 Å². The van der Waals surface area contributed by atoms with Gasteiger partial charge in [0.2, 0.25) is 0 Å². The van der Waals surface area contributed by atoms with Gasteiger partial charge >= 0.3 is 231 Å². The van der Waals surface area contributed by atoms with Gasteiger partial charge in [-0.3, -0.25) is 0 Å². The van der Waals surface area contributed by atoms with Crippen LogP contribution in [0.3, 0.4) is 0 Å². The Morgan fingerprint density at radius 2 is 1.07 bits per heavy atom. The molecule has 7 aromatic carbocycles. The first-order valence-electron chi connectivity index (χ1n) is 13.8. The molecule has 9 rings (SSSR count). The van der Waals surface area contributed by atoms with Crippen molar-refractivity contribution in [2.75, 3.05) is 4.90 Å². The number of furan rings is 1. The van der Waals surface area contributed by atoms with Gasteiger partial charge in [-0.2, -0.15) is 0 Å². The third-order valence-corrected chi connectivity index (χ3v) is 10.7. The minimum absolute atomic E-state index is 0.245. The van der Waals surface area contributed by atoms with Crippen molar-refractivity contribution in [1.82, 2.24) is 0 Å². The molecule has 0 aliphatic carbocycles. The van der Waals surface area contributed by atoms with Crippen LogP contribution in [0.5, 0.6) is 0 Å². The second-order valence-corrected chi connectivity index (χ2v) is 12.8. The van der Waals surface area contributed by atoms with E-state index in [-0.39, 0.29) is 14.5 Å². The van der Waals surface area contributed by atoms with Crippen molar-refractivity contribution < 1.29 is 4.42 Å². The Bertz CT molecular complexity index is 2430. The fourth-order valence-corrected chi connectivity index (χ4v) is 8.91. The molecule has 2 aromatic heterocycles. The third kappa shape index (κ3) is 3.57. The standard InChI is InChI=1S/C38H23NOSe/c1-2-11-27(12-3-1)39(28-15-18-31-34-20-25-9-4-5-10-26(25)21-35(34)40-36(31)22-28)29-16-19-32-33-17-14-24-8-6-7-13-30(24)38(33)41-37(32)23-29/h1-23H. The van der Waals surface area contributed by atoms with E-state index in [1.54, 1.807) is 0 Å². The summed E-state index contributed by atoms with van der Waals surface area (Å²) in [5.74, 6) is 0. The first-order valence-corrected chi connectivity index (χ1v) is 15.6. The molecule has 0 atom stereocenters. The van der Waals surface area contributed by atoms with Crippen LogP contribution < -0.4 is 4.90 Å². The first kappa shape index (κ1) is 22.9. The molecular formula is C38H23NOSe. The van der Waals surface area contributed by atoms with E-state index in [9.17, 15) is 0 Å². The molecule has 9 aromatic rings. The van der Waals surface area contributed by atoms with Crippen LogP contribution in [0, 0.1) is 0 Å². The van der Waals surface area contributed by atoms with Crippen LogP contribution >= 0.6 is 0 Å². The molecule has 0 saturated heterocycles. The topological polar surface area (TPSA) is 16.4 Å². The average molecular weight is 589 g/mol. The summed E-state index contributed by atoms with van der Waals surface area (Å²) in [6, 6.07) is 50.4. The quantitative estimate of drug-likeness (QED) is 0.191. The van der Waals surface area contributed by atoms with Crippen LogP contribution in [-0.2, 0) is 0 Å². The van der Waals surface area contributed by atoms with Gasteiger partial charge in [0.1, 0.15) is 0 Å². The van der Waals surface area contributed by atoms with Crippen LogP contribution in [0.2, 0.25) is 0 Å². The van der Waals surface area contributed by atoms with Crippen LogP contribution in [0.25, 0.3) is 62.8 Å². The van der Waals surface area contributed by atoms with Crippen molar-refractivity contribution in [1.29, 1.82) is 0 Å². The van der Waals surface area contributed by atoms with E-state index < -0.39 is 0 Å². The molecule has 0 bridgehead atoms. The average Bonchev–Trinajstić information content (AvgIpc) is 3.58. The molecule has 3 heteroatoms. The summed E-state index contributed by atoms with van der Waals surface area (Å²) in [5.41, 5.74) is 5.20. The Hall–Kier alpha value is -4.82. The van der Waals surface area contributed by atoms with Crippen molar-refractivity contribution >= 4 is 94.3 Å². The normalized spacial score (nSPS) is 11.9. The molecule has 0 unspecified atom stereocenters. The molecule has 0 N–H and O–H groups in total. The van der Waals surface area contributed by atoms with Crippen molar-refractivity contribution in [3.05, 3.63) is 140 Å². The van der Waals surface area contributed by atoms with Gasteiger partial charge in [0.05, 0.1) is 0 Å². The van der Waals surface area contributed by atoms with Gasteiger partial charge < -0.3 is 0 Å². The number of hydrogen-bond acceptors (Lipinski definition) is 2. The van der Waals surface area contributed by atoms with Crippen LogP contribution in [-0.4, -0.2) is 14.5 Å². The zero-order chi connectivity index (χ0) is 26.9. The number of nitrogens with zero attached hydrogens (tertiary/aromatic N) is 1. The monoisotopic (exact) mass is 589 g/mol. The van der Waals surface area contributed by atoms with E-state index in [0.29, 0.717) is 0 Å². The Morgan fingerprint density at radius 1 is 0.415 bits per heavy atom. The number of fused-ring (bicyclic) bond motifs is 9. The predicted octanol–water partition coefficient (Wildman–Crippen LogP) is 10.7. The summed E-state index contributed by atoms with van der Waals surface area (Å²) < 4.78 is 9.38. The second kappa shape index (κ2) is 8.84. The fraction of sp³-hybridized carbons (Fsp3) is 0. The molecule has 0 radical (unpaired) electrons. The molecule has 2 nitrogen and oxygen atoms in total. The van der Waals surface area contributed by atoms with Gasteiger partial charge in [-0.05, 0) is 0 Å². The summed E-state index contributed by atoms with van der Waals surface area (Å²) in [6.45, 7) is 0. The SMILES string of the molecule is c1ccc(N(c2ccc3c(c2)oc2cc4ccccc4cc23)c2ccc3c(c2)[se]c2c4ccccc4ccc32)cc1.